The van der Waals surface area contributed by atoms with Crippen LogP contribution in [0.3, 0.4) is 0 Å². The number of hydrogen-bond acceptors (Lipinski definition) is 10. The van der Waals surface area contributed by atoms with E-state index in [0.717, 1.165) is 69.5 Å². The molecule has 2 aliphatic carbocycles. The van der Waals surface area contributed by atoms with Crippen LogP contribution in [-0.4, -0.2) is 63.3 Å². The van der Waals surface area contributed by atoms with Gasteiger partial charge in [0, 0.05) is 55.9 Å². The van der Waals surface area contributed by atoms with E-state index in [9.17, 15) is 20.3 Å². The molecule has 388 valence electrons. The molecule has 7 aromatic carbocycles. The summed E-state index contributed by atoms with van der Waals surface area (Å²) in [5.41, 5.74) is 4.93. The third-order valence-corrected chi connectivity index (χ3v) is 15.3. The molecule has 0 saturated heterocycles. The first-order chi connectivity index (χ1) is 37.3. The number of fused-ring (bicyclic) bond motifs is 4. The van der Waals surface area contributed by atoms with E-state index in [-0.39, 0.29) is 68.7 Å². The fourth-order valence-corrected chi connectivity index (χ4v) is 11.8. The van der Waals surface area contributed by atoms with E-state index in [1.54, 1.807) is 24.3 Å². The summed E-state index contributed by atoms with van der Waals surface area (Å²) in [6, 6.07) is 49.5. The molecule has 1 aliphatic heterocycles. The van der Waals surface area contributed by atoms with Crippen LogP contribution < -0.4 is 9.47 Å². The molecule has 0 aromatic heterocycles. The molecule has 3 aliphatic rings. The Morgan fingerprint density at radius 1 is 0.803 bits per heavy atom. The highest BCUT2D eigenvalue weighted by Gasteiger charge is 2.65. The monoisotopic (exact) mass is 1020 g/mol. The number of rotatable bonds is 22. The maximum Gasteiger partial charge on any atom is 0.269 e. The number of oxime groups is 1. The average Bonchev–Trinajstić information content (AvgIpc) is 3.53. The molecule has 6 unspecified atom stereocenters. The maximum absolute atomic E-state index is 15.6. The lowest BCUT2D eigenvalue weighted by atomic mass is 9.55. The van der Waals surface area contributed by atoms with Gasteiger partial charge in [-0.05, 0) is 130 Å². The van der Waals surface area contributed by atoms with Crippen molar-refractivity contribution in [3.8, 4) is 17.2 Å². The van der Waals surface area contributed by atoms with E-state index in [1.807, 2.05) is 95.9 Å². The molecule has 10 rings (SSSR count). The first-order valence-electron chi connectivity index (χ1n) is 26.4. The minimum Gasteiger partial charge on any atom is -0.459 e. The minimum absolute atomic E-state index is 0.0150. The molecule has 0 radical (unpaired) electrons. The third kappa shape index (κ3) is 11.1. The van der Waals surface area contributed by atoms with Crippen molar-refractivity contribution in [3.63, 3.8) is 0 Å². The summed E-state index contributed by atoms with van der Waals surface area (Å²) in [7, 11) is 0. The number of benzene rings is 7. The lowest BCUT2D eigenvalue weighted by Crippen LogP contribution is -2.70. The van der Waals surface area contributed by atoms with Crippen molar-refractivity contribution in [1.82, 2.24) is 4.90 Å². The number of nitro groups is 1. The van der Waals surface area contributed by atoms with Gasteiger partial charge in [-0.15, -0.1) is 6.58 Å². The van der Waals surface area contributed by atoms with Gasteiger partial charge in [-0.2, -0.15) is 0 Å². The number of amides is 1. The summed E-state index contributed by atoms with van der Waals surface area (Å²) >= 11 is 0. The van der Waals surface area contributed by atoms with Gasteiger partial charge in [-0.1, -0.05) is 133 Å². The summed E-state index contributed by atoms with van der Waals surface area (Å²) in [5, 5.41) is 41.1. The van der Waals surface area contributed by atoms with Crippen molar-refractivity contribution >= 4 is 44.9 Å². The van der Waals surface area contributed by atoms with Crippen LogP contribution in [0.2, 0.25) is 0 Å². The van der Waals surface area contributed by atoms with Crippen LogP contribution in [-0.2, 0) is 27.5 Å². The van der Waals surface area contributed by atoms with Gasteiger partial charge >= 0.3 is 0 Å². The highest BCUT2D eigenvalue weighted by molar-refractivity contribution is 6.03. The van der Waals surface area contributed by atoms with Gasteiger partial charge in [-0.25, -0.2) is 0 Å². The molecule has 2 N–H and O–H groups in total. The number of ether oxygens (including phenoxy) is 3. The Balaban J connectivity index is 1.18. The second kappa shape index (κ2) is 23.8. The predicted molar refractivity (Wildman–Crippen MR) is 297 cm³/mol. The molecule has 76 heavy (non-hydrogen) atoms. The van der Waals surface area contributed by atoms with Gasteiger partial charge in [0.25, 0.3) is 5.69 Å². The molecule has 0 bridgehead atoms. The molecule has 12 nitrogen and oxygen atoms in total. The zero-order valence-electron chi connectivity index (χ0n) is 42.5. The van der Waals surface area contributed by atoms with Gasteiger partial charge in [0.1, 0.15) is 29.9 Å². The molecule has 0 spiro atoms. The lowest BCUT2D eigenvalue weighted by Gasteiger charge is -2.60. The normalized spacial score (nSPS) is 21.1. The average molecular weight is 1020 g/mol. The number of aliphatic hydroxyl groups excluding tert-OH is 2. The van der Waals surface area contributed by atoms with Crippen LogP contribution in [0, 0.1) is 27.9 Å². The van der Waals surface area contributed by atoms with Crippen LogP contribution in [0.4, 0.5) is 5.69 Å². The van der Waals surface area contributed by atoms with E-state index >= 15 is 4.79 Å². The van der Waals surface area contributed by atoms with Crippen LogP contribution in [0.15, 0.2) is 193 Å². The fraction of sp³-hybridized carbons (Fsp3) is 0.281. The zero-order chi connectivity index (χ0) is 52.4. The standard InChI is InChI=1S/C64H63N3O9/c1-2-37-73-64-60(66(42-50-22-14-21-47-18-8-9-23-54(47)50)61(70)34-27-44-25-29-51(30-26-44)67(71)72)41-58(65-74-43-45-15-4-3-5-16-45)56-39-49(20-10-12-35-68)55(24-11-13-36-69)62(63(56)64)57-40-53(32-33-59(57)76-64)75-52-31-28-46-17-6-7-19-48(46)38-52/h2-9,14-19,21-23,25-34,38-40,49,55,60,62-63,68-69H,1,10-13,20,24,35-37,41-43H2. The van der Waals surface area contributed by atoms with Crippen molar-refractivity contribution in [3.05, 3.63) is 220 Å². The Morgan fingerprint density at radius 2 is 1.51 bits per heavy atom. The zero-order valence-corrected chi connectivity index (χ0v) is 42.5. The smallest absolute Gasteiger partial charge is 0.269 e. The number of carbonyl (C=O) groups excluding carboxylic acids is 1. The minimum atomic E-state index is -1.54. The fourth-order valence-electron chi connectivity index (χ4n) is 11.8. The predicted octanol–water partition coefficient (Wildman–Crippen LogP) is 13.3. The number of allylic oxidation sites excluding steroid dienone is 1. The number of nitro benzene ring substituents is 1. The van der Waals surface area contributed by atoms with Gasteiger partial charge in [0.15, 0.2) is 0 Å². The molecule has 12 heteroatoms. The lowest BCUT2D eigenvalue weighted by molar-refractivity contribution is -0.384. The van der Waals surface area contributed by atoms with Crippen molar-refractivity contribution < 1.29 is 39.0 Å². The Hall–Kier alpha value is -7.90. The van der Waals surface area contributed by atoms with E-state index in [4.69, 9.17) is 24.2 Å². The van der Waals surface area contributed by atoms with E-state index in [2.05, 4.69) is 55.1 Å². The Bertz CT molecular complexity index is 3280. The van der Waals surface area contributed by atoms with Crippen LogP contribution in [0.1, 0.15) is 73.1 Å². The van der Waals surface area contributed by atoms with E-state index in [0.29, 0.717) is 41.4 Å². The quantitative estimate of drug-likeness (QED) is 0.0222. The Labute approximate surface area is 443 Å². The first kappa shape index (κ1) is 51.6. The summed E-state index contributed by atoms with van der Waals surface area (Å²) in [5.74, 6) is -0.804. The largest absolute Gasteiger partial charge is 0.459 e. The summed E-state index contributed by atoms with van der Waals surface area (Å²) in [4.78, 5) is 35.0. The van der Waals surface area contributed by atoms with Crippen molar-refractivity contribution in [2.75, 3.05) is 19.8 Å². The van der Waals surface area contributed by atoms with E-state index < -0.39 is 22.7 Å². The number of non-ortho nitro benzene ring substituents is 1. The number of unbranched alkanes of at least 4 members (excludes halogenated alkanes) is 2. The van der Waals surface area contributed by atoms with Gasteiger partial charge in [0.2, 0.25) is 11.7 Å². The van der Waals surface area contributed by atoms with Crippen molar-refractivity contribution in [2.45, 2.75) is 75.8 Å². The topological polar surface area (TPSA) is 153 Å². The molecular formula is C64H63N3O9. The second-order valence-electron chi connectivity index (χ2n) is 19.9. The van der Waals surface area contributed by atoms with Crippen molar-refractivity contribution in [2.24, 2.45) is 22.9 Å². The van der Waals surface area contributed by atoms with Crippen LogP contribution in [0.5, 0.6) is 17.2 Å². The maximum atomic E-state index is 15.6. The van der Waals surface area contributed by atoms with Crippen LogP contribution >= 0.6 is 0 Å². The molecule has 6 atom stereocenters. The molecule has 7 aromatic rings. The first-order valence-corrected chi connectivity index (χ1v) is 26.4. The number of nitrogens with zero attached hydrogens (tertiary/aromatic N) is 3. The van der Waals surface area contributed by atoms with Gasteiger partial charge < -0.3 is 34.2 Å². The second-order valence-corrected chi connectivity index (χ2v) is 19.9. The summed E-state index contributed by atoms with van der Waals surface area (Å²) in [6.45, 7) is 4.72. The summed E-state index contributed by atoms with van der Waals surface area (Å²) < 4.78 is 21.7. The number of hydrogen-bond donors (Lipinski definition) is 2. The Morgan fingerprint density at radius 3 is 2.29 bits per heavy atom. The highest BCUT2D eigenvalue weighted by Crippen LogP contribution is 2.62. The molecular weight excluding hydrogens is 955 g/mol. The van der Waals surface area contributed by atoms with Gasteiger partial charge in [-0.3, -0.25) is 14.9 Å². The van der Waals surface area contributed by atoms with Gasteiger partial charge in [0.05, 0.1) is 23.2 Å². The molecule has 1 amide bonds. The number of aliphatic hydroxyl groups is 2. The highest BCUT2D eigenvalue weighted by atomic mass is 16.7. The van der Waals surface area contributed by atoms with E-state index in [1.165, 1.54) is 18.2 Å². The van der Waals surface area contributed by atoms with Crippen LogP contribution in [0.25, 0.3) is 27.6 Å². The van der Waals surface area contributed by atoms with Crippen molar-refractivity contribution in [1.29, 1.82) is 0 Å². The molecule has 1 saturated carbocycles. The number of carbonyl (C=O) groups is 1. The third-order valence-electron chi connectivity index (χ3n) is 15.3. The molecule has 1 fully saturated rings. The molecule has 1 heterocycles. The SMILES string of the molecule is C=CCOC12Oc3ccc(Oc4ccc5ccccc5c4)cc3C3C(CCCCO)C(CCCCO)C=C(C(=NOCc4ccccc4)CC1N(Cc1cccc4ccccc14)C(=O)C=Cc1ccc([N+](=O)[O-])cc1)C32. The Kier molecular flexibility index (Phi) is 16.1. The summed E-state index contributed by atoms with van der Waals surface area (Å²) in [6.07, 6.45) is 11.8.